The normalized spacial score (nSPS) is 25.1. The number of rotatable bonds is 5. The van der Waals surface area contributed by atoms with Crippen LogP contribution in [0.25, 0.3) is 0 Å². The van der Waals surface area contributed by atoms with E-state index in [0.717, 1.165) is 6.07 Å². The second kappa shape index (κ2) is 5.93. The number of hydrogen-bond acceptors (Lipinski definition) is 4. The first-order valence-electron chi connectivity index (χ1n) is 6.31. The summed E-state index contributed by atoms with van der Waals surface area (Å²) in [6.45, 7) is 3.88. The number of nitro groups is 1. The van der Waals surface area contributed by atoms with E-state index in [9.17, 15) is 14.5 Å². The number of ether oxygens (including phenoxy) is 2. The zero-order chi connectivity index (χ0) is 14.9. The van der Waals surface area contributed by atoms with Crippen molar-refractivity contribution >= 4 is 17.3 Å². The number of alkyl halides is 1. The van der Waals surface area contributed by atoms with E-state index < -0.39 is 10.7 Å². The maximum Gasteiger partial charge on any atom is 0.275 e. The van der Waals surface area contributed by atoms with Crippen molar-refractivity contribution in [3.05, 3.63) is 33.6 Å². The van der Waals surface area contributed by atoms with Gasteiger partial charge in [0.2, 0.25) is 0 Å². The molecule has 0 N–H and O–H groups in total. The van der Waals surface area contributed by atoms with Crippen molar-refractivity contribution in [1.82, 2.24) is 0 Å². The highest BCUT2D eigenvalue weighted by molar-refractivity contribution is 6.21. The Balaban J connectivity index is 2.14. The number of halogens is 2. The molecule has 1 aromatic carbocycles. The standard InChI is InChI=1S/C13H15ClFNO4/c1-3-19-13-8(14)5-12(13)20-11-4-7(2)10(16(17)18)6-9(11)15/h4,6,8,12-13H,3,5H2,1-2H3. The highest BCUT2D eigenvalue weighted by atomic mass is 35.5. The first kappa shape index (κ1) is 15.0. The monoisotopic (exact) mass is 303 g/mol. The van der Waals surface area contributed by atoms with Gasteiger partial charge in [0.15, 0.2) is 11.6 Å². The van der Waals surface area contributed by atoms with Gasteiger partial charge in [-0.3, -0.25) is 10.1 Å². The molecule has 0 aliphatic heterocycles. The molecule has 0 amide bonds. The van der Waals surface area contributed by atoms with E-state index in [0.29, 0.717) is 18.6 Å². The molecule has 0 bridgehead atoms. The van der Waals surface area contributed by atoms with Crippen LogP contribution in [0.1, 0.15) is 18.9 Å². The highest BCUT2D eigenvalue weighted by Gasteiger charge is 2.43. The average molecular weight is 304 g/mol. The van der Waals surface area contributed by atoms with Crippen LogP contribution in [0.4, 0.5) is 10.1 Å². The Labute approximate surface area is 120 Å². The van der Waals surface area contributed by atoms with Crippen LogP contribution in [0.2, 0.25) is 0 Å². The van der Waals surface area contributed by atoms with Gasteiger partial charge in [0.1, 0.15) is 12.2 Å². The molecular formula is C13H15ClFNO4. The fraction of sp³-hybridized carbons (Fsp3) is 0.538. The number of aryl methyl sites for hydroxylation is 1. The van der Waals surface area contributed by atoms with Crippen molar-refractivity contribution < 1.29 is 18.8 Å². The lowest BCUT2D eigenvalue weighted by molar-refractivity contribution is -0.385. The molecule has 1 aliphatic carbocycles. The summed E-state index contributed by atoms with van der Waals surface area (Å²) in [4.78, 5) is 10.1. The van der Waals surface area contributed by atoms with Crippen molar-refractivity contribution in [1.29, 1.82) is 0 Å². The van der Waals surface area contributed by atoms with Crippen LogP contribution in [0, 0.1) is 22.9 Å². The zero-order valence-electron chi connectivity index (χ0n) is 11.1. The minimum absolute atomic E-state index is 0.00799. The van der Waals surface area contributed by atoms with E-state index in [2.05, 4.69) is 0 Å². The van der Waals surface area contributed by atoms with Gasteiger partial charge < -0.3 is 9.47 Å². The van der Waals surface area contributed by atoms with Crippen LogP contribution in [0.15, 0.2) is 12.1 Å². The molecule has 0 spiro atoms. The molecule has 1 aromatic rings. The molecule has 0 saturated heterocycles. The minimum Gasteiger partial charge on any atom is -0.485 e. The number of benzene rings is 1. The van der Waals surface area contributed by atoms with E-state index in [1.54, 1.807) is 0 Å². The smallest absolute Gasteiger partial charge is 0.275 e. The molecule has 3 unspecified atom stereocenters. The third-order valence-corrected chi connectivity index (χ3v) is 3.69. The SMILES string of the molecule is CCOC1C(Cl)CC1Oc1cc(C)c([N+](=O)[O-])cc1F. The molecule has 1 aliphatic rings. The van der Waals surface area contributed by atoms with Crippen molar-refractivity contribution in [2.75, 3.05) is 6.61 Å². The molecule has 3 atom stereocenters. The Morgan fingerprint density at radius 2 is 2.25 bits per heavy atom. The summed E-state index contributed by atoms with van der Waals surface area (Å²) >= 11 is 6.00. The Hall–Kier alpha value is -1.40. The third kappa shape index (κ3) is 2.86. The van der Waals surface area contributed by atoms with Crippen LogP contribution >= 0.6 is 11.6 Å². The fourth-order valence-corrected chi connectivity index (χ4v) is 2.55. The van der Waals surface area contributed by atoms with Crippen molar-refractivity contribution in [3.8, 4) is 5.75 Å². The van der Waals surface area contributed by atoms with Crippen LogP contribution in [-0.2, 0) is 4.74 Å². The van der Waals surface area contributed by atoms with E-state index in [-0.39, 0.29) is 29.0 Å². The van der Waals surface area contributed by atoms with E-state index in [1.807, 2.05) is 6.92 Å². The van der Waals surface area contributed by atoms with Crippen molar-refractivity contribution in [3.63, 3.8) is 0 Å². The Morgan fingerprint density at radius 3 is 2.80 bits per heavy atom. The van der Waals surface area contributed by atoms with Crippen LogP contribution in [-0.4, -0.2) is 29.1 Å². The molecule has 5 nitrogen and oxygen atoms in total. The van der Waals surface area contributed by atoms with Gasteiger partial charge in [0, 0.05) is 18.6 Å². The highest BCUT2D eigenvalue weighted by Crippen LogP contribution is 2.35. The summed E-state index contributed by atoms with van der Waals surface area (Å²) < 4.78 is 24.8. The topological polar surface area (TPSA) is 61.6 Å². The molecule has 0 radical (unpaired) electrons. The first-order valence-corrected chi connectivity index (χ1v) is 6.74. The molecule has 2 rings (SSSR count). The number of nitrogens with zero attached hydrogens (tertiary/aromatic N) is 1. The van der Waals surface area contributed by atoms with Crippen LogP contribution < -0.4 is 4.74 Å². The van der Waals surface area contributed by atoms with E-state index in [1.165, 1.54) is 13.0 Å². The summed E-state index contributed by atoms with van der Waals surface area (Å²) in [6, 6.07) is 2.20. The molecule has 0 aromatic heterocycles. The summed E-state index contributed by atoms with van der Waals surface area (Å²) in [5.74, 6) is -0.762. The lowest BCUT2D eigenvalue weighted by Gasteiger charge is -2.40. The van der Waals surface area contributed by atoms with Gasteiger partial charge in [-0.25, -0.2) is 4.39 Å². The first-order chi connectivity index (χ1) is 9.43. The molecule has 7 heteroatoms. The van der Waals surface area contributed by atoms with Gasteiger partial charge in [0.05, 0.1) is 16.4 Å². The molecule has 1 fully saturated rings. The minimum atomic E-state index is -0.754. The lowest BCUT2D eigenvalue weighted by Crippen LogP contribution is -2.52. The van der Waals surface area contributed by atoms with Crippen molar-refractivity contribution in [2.24, 2.45) is 0 Å². The average Bonchev–Trinajstić information content (AvgIpc) is 2.38. The maximum atomic E-state index is 13.8. The summed E-state index contributed by atoms with van der Waals surface area (Å²) in [5.41, 5.74) is 0.0844. The van der Waals surface area contributed by atoms with E-state index >= 15 is 0 Å². The fourth-order valence-electron chi connectivity index (χ4n) is 2.14. The second-order valence-corrected chi connectivity index (χ2v) is 5.21. The summed E-state index contributed by atoms with van der Waals surface area (Å²) in [5, 5.41) is 10.6. The quantitative estimate of drug-likeness (QED) is 0.476. The molecule has 20 heavy (non-hydrogen) atoms. The molecule has 0 heterocycles. The van der Waals surface area contributed by atoms with Gasteiger partial charge in [0.25, 0.3) is 5.69 Å². The van der Waals surface area contributed by atoms with E-state index in [4.69, 9.17) is 21.1 Å². The van der Waals surface area contributed by atoms with Gasteiger partial charge >= 0.3 is 0 Å². The number of nitro benzene ring substituents is 1. The molecule has 110 valence electrons. The van der Waals surface area contributed by atoms with Gasteiger partial charge in [-0.05, 0) is 19.9 Å². The Morgan fingerprint density at radius 1 is 1.55 bits per heavy atom. The predicted molar refractivity (Wildman–Crippen MR) is 71.9 cm³/mol. The Bertz CT molecular complexity index is 525. The summed E-state index contributed by atoms with van der Waals surface area (Å²) in [7, 11) is 0. The van der Waals surface area contributed by atoms with Gasteiger partial charge in [-0.2, -0.15) is 0 Å². The predicted octanol–water partition coefficient (Wildman–Crippen LogP) is 3.21. The zero-order valence-corrected chi connectivity index (χ0v) is 11.9. The Kier molecular flexibility index (Phi) is 4.45. The number of hydrogen-bond donors (Lipinski definition) is 0. The maximum absolute atomic E-state index is 13.8. The van der Waals surface area contributed by atoms with Crippen LogP contribution in [0.3, 0.4) is 0 Å². The van der Waals surface area contributed by atoms with Gasteiger partial charge in [-0.1, -0.05) is 0 Å². The molecule has 1 saturated carbocycles. The lowest BCUT2D eigenvalue weighted by atomic mass is 9.91. The third-order valence-electron chi connectivity index (χ3n) is 3.27. The molecular weight excluding hydrogens is 289 g/mol. The van der Waals surface area contributed by atoms with Gasteiger partial charge in [-0.15, -0.1) is 11.6 Å². The van der Waals surface area contributed by atoms with Crippen LogP contribution in [0.5, 0.6) is 5.75 Å². The second-order valence-electron chi connectivity index (χ2n) is 4.65. The largest absolute Gasteiger partial charge is 0.485 e. The summed E-state index contributed by atoms with van der Waals surface area (Å²) in [6.07, 6.45) is -0.0498. The van der Waals surface area contributed by atoms with Crippen molar-refractivity contribution in [2.45, 2.75) is 37.9 Å².